The zero-order chi connectivity index (χ0) is 17.5. The van der Waals surface area contributed by atoms with E-state index in [0.717, 1.165) is 5.96 Å². The Hall–Kier alpha value is -1.26. The van der Waals surface area contributed by atoms with Crippen LogP contribution in [0.5, 0.6) is 0 Å². The minimum Gasteiger partial charge on any atom is -0.450 e. The van der Waals surface area contributed by atoms with Crippen molar-refractivity contribution < 1.29 is 14.3 Å². The third-order valence-corrected chi connectivity index (χ3v) is 3.85. The topological polar surface area (TPSA) is 86.3 Å². The Kier molecular flexibility index (Phi) is 10.0. The van der Waals surface area contributed by atoms with E-state index in [-0.39, 0.29) is 36.0 Å². The Morgan fingerprint density at radius 2 is 1.71 bits per heavy atom. The maximum atomic E-state index is 11.8. The lowest BCUT2D eigenvalue weighted by Crippen LogP contribution is -2.55. The summed E-state index contributed by atoms with van der Waals surface area (Å²) in [6.45, 7) is 8.98. The van der Waals surface area contributed by atoms with Gasteiger partial charge in [0.25, 0.3) is 0 Å². The highest BCUT2D eigenvalue weighted by Crippen LogP contribution is 2.13. The fourth-order valence-electron chi connectivity index (χ4n) is 2.37. The molecule has 0 aromatic heterocycles. The van der Waals surface area contributed by atoms with Crippen LogP contribution in [0.4, 0.5) is 4.79 Å². The highest BCUT2D eigenvalue weighted by Gasteiger charge is 2.28. The zero-order valence-corrected chi connectivity index (χ0v) is 17.5. The van der Waals surface area contributed by atoms with E-state index in [1.807, 2.05) is 13.8 Å². The molecule has 1 fully saturated rings. The maximum absolute atomic E-state index is 11.8. The molecule has 1 heterocycles. The van der Waals surface area contributed by atoms with Gasteiger partial charge in [-0.15, -0.1) is 24.0 Å². The van der Waals surface area contributed by atoms with Crippen LogP contribution in [0.1, 0.15) is 20.8 Å². The monoisotopic (exact) mass is 455 g/mol. The van der Waals surface area contributed by atoms with E-state index in [1.54, 1.807) is 25.9 Å². The largest absolute Gasteiger partial charge is 0.450 e. The maximum Gasteiger partial charge on any atom is 0.409 e. The van der Waals surface area contributed by atoms with Crippen LogP contribution in [0.25, 0.3) is 0 Å². The van der Waals surface area contributed by atoms with Crippen LogP contribution in [0.15, 0.2) is 4.99 Å². The molecule has 140 valence electrons. The summed E-state index contributed by atoms with van der Waals surface area (Å²) in [7, 11) is 3.35. The second kappa shape index (κ2) is 10.6. The molecule has 1 aliphatic rings. The number of hydrogen-bond donors (Lipinski definition) is 2. The highest BCUT2D eigenvalue weighted by molar-refractivity contribution is 14.0. The molecule has 0 bridgehead atoms. The smallest absolute Gasteiger partial charge is 0.409 e. The number of carbonyl (C=O) groups excluding carboxylic acids is 2. The summed E-state index contributed by atoms with van der Waals surface area (Å²) >= 11 is 0. The van der Waals surface area contributed by atoms with Gasteiger partial charge in [-0.1, -0.05) is 0 Å². The number of amides is 2. The number of rotatable bonds is 4. The summed E-state index contributed by atoms with van der Waals surface area (Å²) in [6.07, 6.45) is -0.268. The van der Waals surface area contributed by atoms with Crippen molar-refractivity contribution in [3.05, 3.63) is 0 Å². The van der Waals surface area contributed by atoms with Crippen molar-refractivity contribution in [2.45, 2.75) is 20.8 Å². The molecule has 2 N–H and O–H groups in total. The number of hydrogen-bond acceptors (Lipinski definition) is 4. The summed E-state index contributed by atoms with van der Waals surface area (Å²) in [5.74, 6) is 0.720. The SMILES string of the molecule is CCOC(=O)N1CCN(C(=NC)NCC(C)(C)C(=O)NC)CC1.I. The van der Waals surface area contributed by atoms with Gasteiger partial charge in [0.05, 0.1) is 12.0 Å². The van der Waals surface area contributed by atoms with Crippen molar-refractivity contribution in [3.8, 4) is 0 Å². The number of aliphatic imine (C=N–C) groups is 1. The van der Waals surface area contributed by atoms with E-state index in [9.17, 15) is 9.59 Å². The number of nitrogens with one attached hydrogen (secondary N) is 2. The number of nitrogens with zero attached hydrogens (tertiary/aromatic N) is 3. The molecule has 0 radical (unpaired) electrons. The fraction of sp³-hybridized carbons (Fsp3) is 0.800. The predicted molar refractivity (Wildman–Crippen MR) is 105 cm³/mol. The lowest BCUT2D eigenvalue weighted by Gasteiger charge is -2.36. The molecule has 1 saturated heterocycles. The number of guanidine groups is 1. The van der Waals surface area contributed by atoms with Crippen LogP contribution in [-0.2, 0) is 9.53 Å². The van der Waals surface area contributed by atoms with E-state index in [2.05, 4.69) is 20.5 Å². The van der Waals surface area contributed by atoms with Crippen LogP contribution in [0.3, 0.4) is 0 Å². The third-order valence-electron chi connectivity index (χ3n) is 3.85. The molecule has 1 rings (SSSR count). The van der Waals surface area contributed by atoms with Gasteiger partial charge in [-0.3, -0.25) is 9.79 Å². The van der Waals surface area contributed by atoms with Gasteiger partial charge < -0.3 is 25.2 Å². The Morgan fingerprint density at radius 3 is 2.17 bits per heavy atom. The quantitative estimate of drug-likeness (QED) is 0.371. The first-order chi connectivity index (χ1) is 10.9. The van der Waals surface area contributed by atoms with Crippen molar-refractivity contribution in [1.29, 1.82) is 0 Å². The molecule has 0 aromatic carbocycles. The van der Waals surface area contributed by atoms with E-state index in [0.29, 0.717) is 39.3 Å². The first-order valence-corrected chi connectivity index (χ1v) is 7.95. The van der Waals surface area contributed by atoms with E-state index >= 15 is 0 Å². The molecule has 0 unspecified atom stereocenters. The van der Waals surface area contributed by atoms with Crippen molar-refractivity contribution in [2.75, 3.05) is 53.4 Å². The van der Waals surface area contributed by atoms with Gasteiger partial charge in [0.2, 0.25) is 5.91 Å². The number of ether oxygens (including phenoxy) is 1. The summed E-state index contributed by atoms with van der Waals surface area (Å²) < 4.78 is 5.01. The Morgan fingerprint density at radius 1 is 1.17 bits per heavy atom. The zero-order valence-electron chi connectivity index (χ0n) is 15.2. The fourth-order valence-corrected chi connectivity index (χ4v) is 2.37. The van der Waals surface area contributed by atoms with Crippen molar-refractivity contribution >= 4 is 41.9 Å². The molecule has 0 atom stereocenters. The lowest BCUT2D eigenvalue weighted by atomic mass is 9.92. The summed E-state index contributed by atoms with van der Waals surface area (Å²) in [5, 5.41) is 5.91. The normalized spacial score (nSPS) is 15.5. The first kappa shape index (κ1) is 22.7. The molecule has 0 aliphatic carbocycles. The molecule has 0 spiro atoms. The van der Waals surface area contributed by atoms with Gasteiger partial charge in [0.1, 0.15) is 0 Å². The average molecular weight is 455 g/mol. The molecule has 1 aliphatic heterocycles. The van der Waals surface area contributed by atoms with Gasteiger partial charge in [-0.2, -0.15) is 0 Å². The standard InChI is InChI=1S/C15H29N5O3.HI/c1-6-23-14(22)20-9-7-19(8-10-20)13(17-5)18-11-15(2,3)12(21)16-4;/h6-11H2,1-5H3,(H,16,21)(H,17,18);1H. The Labute approximate surface area is 161 Å². The minimum atomic E-state index is -0.530. The average Bonchev–Trinajstić information content (AvgIpc) is 2.55. The minimum absolute atomic E-state index is 0. The second-order valence-corrected chi connectivity index (χ2v) is 6.04. The van der Waals surface area contributed by atoms with E-state index < -0.39 is 5.41 Å². The van der Waals surface area contributed by atoms with Crippen LogP contribution < -0.4 is 10.6 Å². The van der Waals surface area contributed by atoms with Gasteiger partial charge >= 0.3 is 6.09 Å². The summed E-state index contributed by atoms with van der Waals surface area (Å²) in [6, 6.07) is 0. The van der Waals surface area contributed by atoms with Crippen molar-refractivity contribution in [2.24, 2.45) is 10.4 Å². The highest BCUT2D eigenvalue weighted by atomic mass is 127. The summed E-state index contributed by atoms with van der Waals surface area (Å²) in [5.41, 5.74) is -0.530. The summed E-state index contributed by atoms with van der Waals surface area (Å²) in [4.78, 5) is 31.6. The van der Waals surface area contributed by atoms with Gasteiger partial charge in [-0.25, -0.2) is 4.79 Å². The van der Waals surface area contributed by atoms with Crippen LogP contribution in [0, 0.1) is 5.41 Å². The van der Waals surface area contributed by atoms with Crippen LogP contribution >= 0.6 is 24.0 Å². The van der Waals surface area contributed by atoms with E-state index in [4.69, 9.17) is 4.74 Å². The molecule has 0 saturated carbocycles. The van der Waals surface area contributed by atoms with Gasteiger partial charge in [0.15, 0.2) is 5.96 Å². The second-order valence-electron chi connectivity index (χ2n) is 6.04. The molecule has 2 amide bonds. The molecule has 24 heavy (non-hydrogen) atoms. The Bertz CT molecular complexity index is 448. The number of piperazine rings is 1. The third kappa shape index (κ3) is 6.33. The number of halogens is 1. The van der Waals surface area contributed by atoms with Crippen LogP contribution in [-0.4, -0.2) is 81.2 Å². The lowest BCUT2D eigenvalue weighted by molar-refractivity contribution is -0.128. The molecule has 9 heteroatoms. The van der Waals surface area contributed by atoms with Crippen molar-refractivity contribution in [3.63, 3.8) is 0 Å². The molecule has 0 aromatic rings. The van der Waals surface area contributed by atoms with E-state index in [1.165, 1.54) is 0 Å². The molecular formula is C15H30IN5O3. The molecule has 8 nitrogen and oxygen atoms in total. The first-order valence-electron chi connectivity index (χ1n) is 7.95. The van der Waals surface area contributed by atoms with Gasteiger partial charge in [0, 0.05) is 46.8 Å². The van der Waals surface area contributed by atoms with Gasteiger partial charge in [-0.05, 0) is 20.8 Å². The molecular weight excluding hydrogens is 425 g/mol. The van der Waals surface area contributed by atoms with Crippen LogP contribution in [0.2, 0.25) is 0 Å². The predicted octanol–water partition coefficient (Wildman–Crippen LogP) is 0.726. The van der Waals surface area contributed by atoms with Crippen molar-refractivity contribution in [1.82, 2.24) is 20.4 Å². The number of carbonyl (C=O) groups is 2. The Balaban J connectivity index is 0.00000529.